The molecule has 0 atom stereocenters. The lowest BCUT2D eigenvalue weighted by atomic mass is 10.1. The number of urea groups is 1. The topological polar surface area (TPSA) is 161 Å². The van der Waals surface area contributed by atoms with E-state index in [-0.39, 0.29) is 41.0 Å². The number of benzene rings is 4. The van der Waals surface area contributed by atoms with Crippen molar-refractivity contribution in [3.8, 4) is 17.2 Å². The minimum atomic E-state index is -0.453. The van der Waals surface area contributed by atoms with Gasteiger partial charge in [0.2, 0.25) is 0 Å². The van der Waals surface area contributed by atoms with Crippen LogP contribution in [-0.2, 0) is 22.7 Å². The highest BCUT2D eigenvalue weighted by atomic mass is 16.5. The summed E-state index contributed by atoms with van der Waals surface area (Å²) in [4.78, 5) is 42.1. The Kier molecular flexibility index (Phi) is 11.1. The number of phenolic OH excluding ortho intramolecular Hbond substituents is 2. The molecule has 0 aromatic heterocycles. The number of aromatic hydroxyl groups is 2. The summed E-state index contributed by atoms with van der Waals surface area (Å²) in [6.45, 7) is 4.85. The van der Waals surface area contributed by atoms with E-state index in [9.17, 15) is 29.7 Å². The Morgan fingerprint density at radius 3 is 2.16 bits per heavy atom. The van der Waals surface area contributed by atoms with E-state index in [1.807, 2.05) is 68.4 Å². The molecule has 6 rings (SSSR count). The first-order chi connectivity index (χ1) is 24.1. The van der Waals surface area contributed by atoms with Crippen molar-refractivity contribution in [2.75, 3.05) is 6.61 Å². The van der Waals surface area contributed by atoms with Gasteiger partial charge in [-0.15, -0.1) is 0 Å². The molecular weight excluding hydrogens is 636 g/mol. The van der Waals surface area contributed by atoms with Gasteiger partial charge in [0, 0.05) is 6.21 Å². The maximum absolute atomic E-state index is 12.6. The zero-order chi connectivity index (χ0) is 35.6. The van der Waals surface area contributed by atoms with Gasteiger partial charge in [-0.1, -0.05) is 78.4 Å². The number of aryl methyl sites for hydroxylation is 1. The molecular formula is C39H36N4O7. The molecule has 0 aliphatic carbocycles. The van der Waals surface area contributed by atoms with Crippen LogP contribution in [0.3, 0.4) is 0 Å². The first-order valence-corrected chi connectivity index (χ1v) is 15.8. The Labute approximate surface area is 289 Å². The Morgan fingerprint density at radius 2 is 1.46 bits per heavy atom. The van der Waals surface area contributed by atoms with Gasteiger partial charge in [-0.25, -0.2) is 4.79 Å². The summed E-state index contributed by atoms with van der Waals surface area (Å²) >= 11 is 0. The third-order valence-corrected chi connectivity index (χ3v) is 7.56. The van der Waals surface area contributed by atoms with Crippen LogP contribution < -0.4 is 15.4 Å². The molecule has 5 N–H and O–H groups in total. The number of nitrogens with one attached hydrogen (secondary N) is 2. The van der Waals surface area contributed by atoms with Gasteiger partial charge in [0.1, 0.15) is 17.0 Å². The van der Waals surface area contributed by atoms with Gasteiger partial charge >= 0.3 is 6.03 Å². The SMILES string of the molecule is CCOc1cc(/C=C2/NC(=O)N(Cc3ccc(C)cc3)C2=O)ccc1O.O=C1N/C(=C\c2ccc(O)cc2)C(O)=C1C=NCc1ccccc1. The quantitative estimate of drug-likeness (QED) is 0.0811. The Balaban J connectivity index is 0.000000195. The highest BCUT2D eigenvalue weighted by Gasteiger charge is 2.33. The van der Waals surface area contributed by atoms with Crippen LogP contribution in [0.1, 0.15) is 34.7 Å². The van der Waals surface area contributed by atoms with Crippen molar-refractivity contribution in [1.29, 1.82) is 0 Å². The Bertz CT molecular complexity index is 2000. The number of imide groups is 1. The molecule has 0 spiro atoms. The molecule has 2 aliphatic heterocycles. The van der Waals surface area contributed by atoms with Gasteiger partial charge in [0.25, 0.3) is 11.8 Å². The van der Waals surface area contributed by atoms with E-state index in [0.29, 0.717) is 30.2 Å². The van der Waals surface area contributed by atoms with Crippen molar-refractivity contribution in [2.45, 2.75) is 26.9 Å². The number of ether oxygens (including phenoxy) is 1. The number of amides is 4. The molecule has 1 saturated heterocycles. The molecule has 0 radical (unpaired) electrons. The summed E-state index contributed by atoms with van der Waals surface area (Å²) in [5, 5.41) is 34.5. The molecule has 1 fully saturated rings. The third kappa shape index (κ3) is 8.84. The lowest BCUT2D eigenvalue weighted by Crippen LogP contribution is -2.30. The van der Waals surface area contributed by atoms with E-state index < -0.39 is 11.9 Å². The van der Waals surface area contributed by atoms with Crippen molar-refractivity contribution >= 4 is 36.2 Å². The molecule has 2 aliphatic rings. The molecule has 0 saturated carbocycles. The molecule has 4 aromatic rings. The fourth-order valence-electron chi connectivity index (χ4n) is 4.94. The van der Waals surface area contributed by atoms with E-state index in [1.165, 1.54) is 29.3 Å². The van der Waals surface area contributed by atoms with Gasteiger partial charge in [-0.2, -0.15) is 0 Å². The van der Waals surface area contributed by atoms with Gasteiger partial charge in [-0.05, 0) is 72.5 Å². The van der Waals surface area contributed by atoms with E-state index in [0.717, 1.165) is 22.3 Å². The molecule has 254 valence electrons. The average molecular weight is 673 g/mol. The predicted octanol–water partition coefficient (Wildman–Crippen LogP) is 6.14. The second-order valence-corrected chi connectivity index (χ2v) is 11.3. The van der Waals surface area contributed by atoms with Gasteiger partial charge < -0.3 is 30.7 Å². The van der Waals surface area contributed by atoms with Crippen LogP contribution in [0.25, 0.3) is 12.2 Å². The number of aliphatic imine (C=N–C) groups is 1. The fourth-order valence-corrected chi connectivity index (χ4v) is 4.94. The zero-order valence-electron chi connectivity index (χ0n) is 27.5. The van der Waals surface area contributed by atoms with Crippen molar-refractivity contribution in [3.05, 3.63) is 148 Å². The minimum absolute atomic E-state index is 0.0248. The number of hydrogen-bond acceptors (Lipinski definition) is 8. The molecule has 0 bridgehead atoms. The fraction of sp³-hybridized carbons (Fsp3) is 0.128. The predicted molar refractivity (Wildman–Crippen MR) is 190 cm³/mol. The van der Waals surface area contributed by atoms with Crippen molar-refractivity contribution in [2.24, 2.45) is 4.99 Å². The summed E-state index contributed by atoms with van der Waals surface area (Å²) in [5.41, 5.74) is 5.04. The van der Waals surface area contributed by atoms with Crippen LogP contribution >= 0.6 is 0 Å². The maximum Gasteiger partial charge on any atom is 0.329 e. The first-order valence-electron chi connectivity index (χ1n) is 15.8. The standard InChI is InChI=1S/C20H20N2O4.C19H16N2O3/c1-3-26-18-11-15(8-9-17(18)23)10-16-19(24)22(20(25)21-16)12-14-6-4-13(2)5-7-14;22-15-8-6-13(7-9-15)10-17-18(23)16(19(24)21-17)12-20-11-14-4-2-1-3-5-14/h4-11,23H,3,12H2,1-2H3,(H,21,25);1-10,12,22-23H,11H2,(H,21,24)/b16-10+;17-10-,20-12?. The van der Waals surface area contributed by atoms with Gasteiger partial charge in [-0.3, -0.25) is 19.5 Å². The van der Waals surface area contributed by atoms with Gasteiger partial charge in [0.05, 0.1) is 25.4 Å². The average Bonchev–Trinajstić information content (AvgIpc) is 3.52. The summed E-state index contributed by atoms with van der Waals surface area (Å²) in [5.74, 6) is -0.408. The number of aliphatic hydroxyl groups excluding tert-OH is 1. The number of carbonyl (C=O) groups is 3. The van der Waals surface area contributed by atoms with Gasteiger partial charge in [0.15, 0.2) is 17.3 Å². The Morgan fingerprint density at radius 1 is 0.780 bits per heavy atom. The molecule has 0 unspecified atom stereocenters. The maximum atomic E-state index is 12.6. The highest BCUT2D eigenvalue weighted by Crippen LogP contribution is 2.28. The van der Waals surface area contributed by atoms with E-state index in [4.69, 9.17) is 4.74 Å². The molecule has 11 nitrogen and oxygen atoms in total. The molecule has 2 heterocycles. The molecule has 50 heavy (non-hydrogen) atoms. The number of nitrogens with zero attached hydrogens (tertiary/aromatic N) is 2. The lowest BCUT2D eigenvalue weighted by Gasteiger charge is -2.11. The third-order valence-electron chi connectivity index (χ3n) is 7.56. The summed E-state index contributed by atoms with van der Waals surface area (Å²) in [6.07, 6.45) is 4.58. The zero-order valence-corrected chi connectivity index (χ0v) is 27.5. The van der Waals surface area contributed by atoms with Crippen molar-refractivity contribution < 1.29 is 34.4 Å². The highest BCUT2D eigenvalue weighted by molar-refractivity contribution is 6.16. The van der Waals surface area contributed by atoms with Crippen LogP contribution in [0.2, 0.25) is 0 Å². The Hall–Kier alpha value is -6.62. The van der Waals surface area contributed by atoms with Crippen molar-refractivity contribution in [1.82, 2.24) is 15.5 Å². The molecule has 4 aromatic carbocycles. The smallest absolute Gasteiger partial charge is 0.329 e. The van der Waals surface area contributed by atoms with E-state index in [2.05, 4.69) is 15.6 Å². The summed E-state index contributed by atoms with van der Waals surface area (Å²) in [7, 11) is 0. The summed E-state index contributed by atoms with van der Waals surface area (Å²) < 4.78 is 5.34. The van der Waals surface area contributed by atoms with Crippen molar-refractivity contribution in [3.63, 3.8) is 0 Å². The number of aliphatic hydroxyl groups is 1. The second kappa shape index (κ2) is 16.0. The molecule has 4 amide bonds. The second-order valence-electron chi connectivity index (χ2n) is 11.3. The molecule has 11 heteroatoms. The summed E-state index contributed by atoms with van der Waals surface area (Å²) in [6, 6.07) is 28.0. The van der Waals surface area contributed by atoms with E-state index in [1.54, 1.807) is 36.4 Å². The first kappa shape index (κ1) is 34.7. The van der Waals surface area contributed by atoms with Crippen LogP contribution in [0.4, 0.5) is 4.79 Å². The van der Waals surface area contributed by atoms with Crippen LogP contribution in [0.5, 0.6) is 17.2 Å². The van der Waals surface area contributed by atoms with Crippen LogP contribution in [0, 0.1) is 6.92 Å². The number of phenols is 2. The van der Waals surface area contributed by atoms with Crippen LogP contribution in [-0.4, -0.2) is 50.9 Å². The number of carbonyl (C=O) groups excluding carboxylic acids is 3. The number of hydrogen-bond donors (Lipinski definition) is 5. The normalized spacial score (nSPS) is 15.8. The van der Waals surface area contributed by atoms with Crippen LogP contribution in [0.15, 0.2) is 125 Å². The largest absolute Gasteiger partial charge is 0.508 e. The lowest BCUT2D eigenvalue weighted by molar-refractivity contribution is -0.123. The monoisotopic (exact) mass is 672 g/mol. The van der Waals surface area contributed by atoms with E-state index >= 15 is 0 Å². The number of rotatable bonds is 9. The minimum Gasteiger partial charge on any atom is -0.508 e.